The minimum absolute atomic E-state index is 0.129. The molecule has 1 saturated carbocycles. The van der Waals surface area contributed by atoms with E-state index in [9.17, 15) is 23.6 Å². The van der Waals surface area contributed by atoms with Crippen LogP contribution in [0.2, 0.25) is 0 Å². The van der Waals surface area contributed by atoms with E-state index in [1.54, 1.807) is 19.9 Å². The monoisotopic (exact) mass is 322 g/mol. The predicted molar refractivity (Wildman–Crippen MR) is 78.4 cm³/mol. The van der Waals surface area contributed by atoms with Crippen molar-refractivity contribution in [3.63, 3.8) is 0 Å². The molecule has 1 spiro atoms. The maximum Gasteiger partial charge on any atom is 0.259 e. The van der Waals surface area contributed by atoms with E-state index >= 15 is 0 Å². The molecule has 0 bridgehead atoms. The zero-order valence-electron chi connectivity index (χ0n) is 13.4. The first kappa shape index (κ1) is 16.1. The van der Waals surface area contributed by atoms with Crippen molar-refractivity contribution in [3.05, 3.63) is 11.6 Å². The van der Waals surface area contributed by atoms with Crippen LogP contribution in [0.3, 0.4) is 0 Å². The van der Waals surface area contributed by atoms with Crippen molar-refractivity contribution in [2.24, 2.45) is 16.7 Å². The van der Waals surface area contributed by atoms with Crippen LogP contribution >= 0.6 is 0 Å². The van der Waals surface area contributed by atoms with Gasteiger partial charge in [0, 0.05) is 30.3 Å². The molecule has 1 aliphatic heterocycles. The molecule has 2 atom stereocenters. The van der Waals surface area contributed by atoms with Gasteiger partial charge in [-0.15, -0.1) is 0 Å². The van der Waals surface area contributed by atoms with Crippen molar-refractivity contribution in [1.82, 2.24) is 4.90 Å². The topological polar surface area (TPSA) is 61.2 Å². The molecule has 1 unspecified atom stereocenters. The van der Waals surface area contributed by atoms with Gasteiger partial charge in [-0.05, 0) is 19.3 Å². The third-order valence-corrected chi connectivity index (χ3v) is 5.50. The molecule has 6 heteroatoms. The van der Waals surface area contributed by atoms with Crippen LogP contribution in [-0.2, 0) is 9.59 Å². The van der Waals surface area contributed by atoms with E-state index in [1.807, 2.05) is 6.07 Å². The lowest BCUT2D eigenvalue weighted by Gasteiger charge is -2.40. The molecule has 0 aromatic carbocycles. The fourth-order valence-electron chi connectivity index (χ4n) is 4.21. The number of nitrogens with zero attached hydrogens (tertiary/aromatic N) is 2. The molecule has 0 aromatic rings. The van der Waals surface area contributed by atoms with Gasteiger partial charge in [0.25, 0.3) is 5.92 Å². The van der Waals surface area contributed by atoms with E-state index in [4.69, 9.17) is 0 Å². The number of carbonyl (C=O) groups excluding carboxylic acids is 2. The summed E-state index contributed by atoms with van der Waals surface area (Å²) in [5.74, 6) is -4.75. The van der Waals surface area contributed by atoms with Crippen molar-refractivity contribution in [2.45, 2.75) is 45.5 Å². The predicted octanol–water partition coefficient (Wildman–Crippen LogP) is 2.70. The zero-order valence-corrected chi connectivity index (χ0v) is 13.4. The molecule has 1 amide bonds. The highest BCUT2D eigenvalue weighted by atomic mass is 19.3. The molecule has 3 rings (SSSR count). The number of allylic oxidation sites excluding steroid dienone is 1. The van der Waals surface area contributed by atoms with E-state index in [0.717, 1.165) is 0 Å². The SMILES string of the molecule is CC1(C)C[C@@]2(C=C(C#N)C1=O)CCN(C(=O)C1CCC1(F)F)C2. The third kappa shape index (κ3) is 2.46. The Morgan fingerprint density at radius 3 is 2.61 bits per heavy atom. The van der Waals surface area contributed by atoms with Crippen LogP contribution in [0.1, 0.15) is 39.5 Å². The highest BCUT2D eigenvalue weighted by molar-refractivity contribution is 6.03. The fraction of sp³-hybridized carbons (Fsp3) is 0.706. The van der Waals surface area contributed by atoms with Gasteiger partial charge < -0.3 is 4.90 Å². The van der Waals surface area contributed by atoms with Crippen LogP contribution in [0.5, 0.6) is 0 Å². The first-order valence-corrected chi connectivity index (χ1v) is 7.95. The van der Waals surface area contributed by atoms with Crippen molar-refractivity contribution in [2.75, 3.05) is 13.1 Å². The quantitative estimate of drug-likeness (QED) is 0.746. The Hall–Kier alpha value is -1.77. The highest BCUT2D eigenvalue weighted by Crippen LogP contribution is 2.50. The van der Waals surface area contributed by atoms with Gasteiger partial charge in [0.2, 0.25) is 5.91 Å². The smallest absolute Gasteiger partial charge is 0.259 e. The Labute approximate surface area is 134 Å². The maximum absolute atomic E-state index is 13.5. The first-order valence-electron chi connectivity index (χ1n) is 7.95. The van der Waals surface area contributed by atoms with E-state index in [0.29, 0.717) is 25.9 Å². The maximum atomic E-state index is 13.5. The number of likely N-dealkylation sites (tertiary alicyclic amines) is 1. The largest absolute Gasteiger partial charge is 0.341 e. The van der Waals surface area contributed by atoms with Crippen molar-refractivity contribution < 1.29 is 18.4 Å². The summed E-state index contributed by atoms with van der Waals surface area (Å²) in [6.45, 7) is 4.32. The average Bonchev–Trinajstić information content (AvgIpc) is 2.85. The van der Waals surface area contributed by atoms with Gasteiger partial charge >= 0.3 is 0 Å². The van der Waals surface area contributed by atoms with Crippen LogP contribution < -0.4 is 0 Å². The highest BCUT2D eigenvalue weighted by Gasteiger charge is 2.56. The number of hydrogen-bond acceptors (Lipinski definition) is 3. The summed E-state index contributed by atoms with van der Waals surface area (Å²) < 4.78 is 27.0. The molecule has 0 radical (unpaired) electrons. The van der Waals surface area contributed by atoms with Crippen LogP contribution in [0, 0.1) is 28.1 Å². The summed E-state index contributed by atoms with van der Waals surface area (Å²) in [6.07, 6.45) is 2.83. The Kier molecular flexibility index (Phi) is 3.40. The summed E-state index contributed by atoms with van der Waals surface area (Å²) in [6, 6.07) is 1.95. The van der Waals surface area contributed by atoms with Crippen molar-refractivity contribution in [1.29, 1.82) is 5.26 Å². The molecule has 124 valence electrons. The number of hydrogen-bond donors (Lipinski definition) is 0. The zero-order chi connectivity index (χ0) is 17.0. The second kappa shape index (κ2) is 4.86. The molecule has 2 fully saturated rings. The fourth-order valence-corrected chi connectivity index (χ4v) is 4.21. The Morgan fingerprint density at radius 2 is 2.09 bits per heavy atom. The van der Waals surface area contributed by atoms with Crippen LogP contribution in [-0.4, -0.2) is 35.6 Å². The standard InChI is InChI=1S/C17H20F2N2O2/c1-15(2)9-16(7-11(8-20)13(15)22)5-6-21(10-16)14(23)12-3-4-17(12,18)19/h7,12H,3-6,9-10H2,1-2H3/t12?,16-/m0/s1. The number of carbonyl (C=O) groups is 2. The molecule has 1 saturated heterocycles. The minimum atomic E-state index is -2.89. The molecule has 2 aliphatic carbocycles. The molecule has 0 aromatic heterocycles. The van der Waals surface area contributed by atoms with Crippen molar-refractivity contribution >= 4 is 11.7 Å². The van der Waals surface area contributed by atoms with E-state index < -0.39 is 28.6 Å². The minimum Gasteiger partial charge on any atom is -0.341 e. The molecule has 1 heterocycles. The van der Waals surface area contributed by atoms with Gasteiger partial charge in [-0.2, -0.15) is 5.26 Å². The Morgan fingerprint density at radius 1 is 1.39 bits per heavy atom. The lowest BCUT2D eigenvalue weighted by molar-refractivity contribution is -0.171. The van der Waals surface area contributed by atoms with Gasteiger partial charge in [0.05, 0.1) is 5.57 Å². The second-order valence-electron chi connectivity index (χ2n) is 7.78. The van der Waals surface area contributed by atoms with Crippen LogP contribution in [0.15, 0.2) is 11.6 Å². The molecule has 4 nitrogen and oxygen atoms in total. The number of amides is 1. The van der Waals surface area contributed by atoms with Crippen LogP contribution in [0.4, 0.5) is 8.78 Å². The number of halogens is 2. The Balaban J connectivity index is 1.81. The lowest BCUT2D eigenvalue weighted by atomic mass is 9.64. The lowest BCUT2D eigenvalue weighted by Crippen LogP contribution is -2.50. The second-order valence-corrected chi connectivity index (χ2v) is 7.78. The molecule has 0 N–H and O–H groups in total. The van der Waals surface area contributed by atoms with E-state index in [2.05, 4.69) is 0 Å². The third-order valence-electron chi connectivity index (χ3n) is 5.50. The summed E-state index contributed by atoms with van der Waals surface area (Å²) in [4.78, 5) is 26.0. The average molecular weight is 322 g/mol. The van der Waals surface area contributed by atoms with Gasteiger partial charge in [-0.3, -0.25) is 9.59 Å². The summed E-state index contributed by atoms with van der Waals surface area (Å²) >= 11 is 0. The molecular formula is C17H20F2N2O2. The van der Waals surface area contributed by atoms with Crippen molar-refractivity contribution in [3.8, 4) is 6.07 Å². The summed E-state index contributed by atoms with van der Waals surface area (Å²) in [7, 11) is 0. The number of ketones is 1. The summed E-state index contributed by atoms with van der Waals surface area (Å²) in [5, 5.41) is 9.20. The van der Waals surface area contributed by atoms with E-state index in [-0.39, 0.29) is 24.2 Å². The van der Waals surface area contributed by atoms with Crippen LogP contribution in [0.25, 0.3) is 0 Å². The molecule has 3 aliphatic rings. The summed E-state index contributed by atoms with van der Waals surface area (Å²) in [5.41, 5.74) is -0.985. The van der Waals surface area contributed by atoms with Gasteiger partial charge in [0.15, 0.2) is 5.78 Å². The normalized spacial score (nSPS) is 34.7. The number of alkyl halides is 2. The molecule has 23 heavy (non-hydrogen) atoms. The number of rotatable bonds is 1. The number of nitriles is 1. The van der Waals surface area contributed by atoms with Gasteiger partial charge in [-0.1, -0.05) is 19.9 Å². The van der Waals surface area contributed by atoms with Gasteiger partial charge in [-0.25, -0.2) is 8.78 Å². The van der Waals surface area contributed by atoms with Gasteiger partial charge in [0.1, 0.15) is 12.0 Å². The first-order chi connectivity index (χ1) is 10.6. The molecular weight excluding hydrogens is 302 g/mol. The Bertz CT molecular complexity index is 647. The van der Waals surface area contributed by atoms with E-state index in [1.165, 1.54) is 4.90 Å². The number of Topliss-reactive ketones (excluding diaryl/α,β-unsaturated/α-hetero) is 1.